The molecule has 0 saturated heterocycles. The lowest BCUT2D eigenvalue weighted by Crippen LogP contribution is -2.32. The molecule has 2 heterocycles. The molecule has 0 aromatic carbocycles. The summed E-state index contributed by atoms with van der Waals surface area (Å²) in [6.07, 6.45) is 2.12. The van der Waals surface area contributed by atoms with E-state index in [4.69, 9.17) is 4.74 Å². The normalized spacial score (nSPS) is 14.6. The second-order valence-electron chi connectivity index (χ2n) is 4.57. The van der Waals surface area contributed by atoms with Gasteiger partial charge in [-0.25, -0.2) is 10.4 Å². The van der Waals surface area contributed by atoms with Gasteiger partial charge in [0, 0.05) is 19.0 Å². The molecule has 2 rings (SSSR count). The highest BCUT2D eigenvalue weighted by atomic mass is 16.5. The predicted octanol–water partition coefficient (Wildman–Crippen LogP) is 1.07. The fourth-order valence-corrected chi connectivity index (χ4v) is 1.64. The summed E-state index contributed by atoms with van der Waals surface area (Å²) < 4.78 is 5.52. The molecule has 1 aliphatic heterocycles. The molecule has 0 saturated carbocycles. The first kappa shape index (κ1) is 14.0. The number of carbonyl (C=O) groups is 2. The fourth-order valence-electron chi connectivity index (χ4n) is 1.64. The summed E-state index contributed by atoms with van der Waals surface area (Å²) in [6, 6.07) is 3.40. The smallest absolute Gasteiger partial charge is 0.272 e. The van der Waals surface area contributed by atoms with Crippen LogP contribution in [0.15, 0.2) is 23.4 Å². The first-order valence-electron chi connectivity index (χ1n) is 6.34. The minimum Gasteiger partial charge on any atom is -0.473 e. The molecular formula is C13H16N4O3. The van der Waals surface area contributed by atoms with Crippen molar-refractivity contribution >= 4 is 23.2 Å². The van der Waals surface area contributed by atoms with E-state index >= 15 is 0 Å². The highest BCUT2D eigenvalue weighted by molar-refractivity contribution is 6.43. The first-order valence-corrected chi connectivity index (χ1v) is 6.34. The highest BCUT2D eigenvalue weighted by Gasteiger charge is 2.19. The van der Waals surface area contributed by atoms with Gasteiger partial charge in [-0.1, -0.05) is 0 Å². The third kappa shape index (κ3) is 3.53. The number of carbonyl (C=O) groups excluding carboxylic acids is 2. The van der Waals surface area contributed by atoms with Crippen LogP contribution in [0.5, 0.6) is 5.88 Å². The molecule has 106 valence electrons. The lowest BCUT2D eigenvalue weighted by Gasteiger charge is -2.15. The third-order valence-corrected chi connectivity index (χ3v) is 2.53. The Morgan fingerprint density at radius 3 is 2.90 bits per heavy atom. The van der Waals surface area contributed by atoms with Crippen molar-refractivity contribution < 1.29 is 14.3 Å². The molecule has 0 radical (unpaired) electrons. The molecule has 0 fully saturated rings. The molecule has 0 aliphatic carbocycles. The average Bonchev–Trinajstić information content (AvgIpc) is 2.41. The second kappa shape index (κ2) is 6.14. The Bertz CT molecular complexity index is 554. The lowest BCUT2D eigenvalue weighted by molar-refractivity contribution is -0.121. The number of hydrazone groups is 1. The van der Waals surface area contributed by atoms with Crippen LogP contribution in [0.4, 0.5) is 5.69 Å². The number of aromatic nitrogens is 1. The maximum absolute atomic E-state index is 12.0. The molecule has 0 bridgehead atoms. The molecule has 20 heavy (non-hydrogen) atoms. The number of hydrogen-bond donors (Lipinski definition) is 2. The third-order valence-electron chi connectivity index (χ3n) is 2.53. The van der Waals surface area contributed by atoms with Crippen molar-refractivity contribution in [1.82, 2.24) is 10.4 Å². The number of anilines is 1. The molecule has 0 spiro atoms. The first-order chi connectivity index (χ1) is 9.56. The van der Waals surface area contributed by atoms with E-state index in [1.807, 2.05) is 13.8 Å². The maximum Gasteiger partial charge on any atom is 0.272 e. The van der Waals surface area contributed by atoms with Crippen LogP contribution in [0, 0.1) is 0 Å². The van der Waals surface area contributed by atoms with E-state index in [2.05, 4.69) is 20.8 Å². The number of ether oxygens (including phenoxy) is 1. The van der Waals surface area contributed by atoms with Crippen molar-refractivity contribution in [3.63, 3.8) is 0 Å². The van der Waals surface area contributed by atoms with Crippen molar-refractivity contribution in [2.45, 2.75) is 32.8 Å². The van der Waals surface area contributed by atoms with Crippen LogP contribution in [-0.2, 0) is 9.59 Å². The van der Waals surface area contributed by atoms with Crippen molar-refractivity contribution in [2.75, 3.05) is 5.32 Å². The van der Waals surface area contributed by atoms with Crippen LogP contribution >= 0.6 is 0 Å². The highest BCUT2D eigenvalue weighted by Crippen LogP contribution is 2.21. The number of nitrogens with one attached hydrogen (secondary N) is 2. The molecule has 2 N–H and O–H groups in total. The Kier molecular flexibility index (Phi) is 4.29. The minimum absolute atomic E-state index is 0.0492. The summed E-state index contributed by atoms with van der Waals surface area (Å²) in [4.78, 5) is 27.1. The summed E-state index contributed by atoms with van der Waals surface area (Å²) in [7, 11) is 0. The van der Waals surface area contributed by atoms with Gasteiger partial charge < -0.3 is 10.1 Å². The fraction of sp³-hybridized carbons (Fsp3) is 0.385. The maximum atomic E-state index is 12.0. The largest absolute Gasteiger partial charge is 0.473 e. The van der Waals surface area contributed by atoms with Crippen LogP contribution in [0.3, 0.4) is 0 Å². The van der Waals surface area contributed by atoms with E-state index in [0.717, 1.165) is 0 Å². The van der Waals surface area contributed by atoms with Crippen molar-refractivity contribution in [3.8, 4) is 5.88 Å². The number of hydrogen-bond acceptors (Lipinski definition) is 5. The Morgan fingerprint density at radius 1 is 1.45 bits per heavy atom. The summed E-state index contributed by atoms with van der Waals surface area (Å²) in [6.45, 7) is 3.75. The zero-order valence-electron chi connectivity index (χ0n) is 11.3. The Balaban J connectivity index is 2.10. The zero-order valence-corrected chi connectivity index (χ0v) is 11.3. The zero-order chi connectivity index (χ0) is 14.5. The number of pyridine rings is 1. The molecule has 7 nitrogen and oxygen atoms in total. The average molecular weight is 276 g/mol. The van der Waals surface area contributed by atoms with Gasteiger partial charge in [-0.05, 0) is 26.0 Å². The van der Waals surface area contributed by atoms with E-state index in [9.17, 15) is 9.59 Å². The van der Waals surface area contributed by atoms with Gasteiger partial charge in [0.25, 0.3) is 5.91 Å². The van der Waals surface area contributed by atoms with Crippen LogP contribution in [0.2, 0.25) is 0 Å². The van der Waals surface area contributed by atoms with Gasteiger partial charge >= 0.3 is 0 Å². The monoisotopic (exact) mass is 276 g/mol. The predicted molar refractivity (Wildman–Crippen MR) is 73.4 cm³/mol. The van der Waals surface area contributed by atoms with Crippen molar-refractivity contribution in [1.29, 1.82) is 0 Å². The van der Waals surface area contributed by atoms with Gasteiger partial charge in [-0.2, -0.15) is 5.10 Å². The number of rotatable bonds is 4. The van der Waals surface area contributed by atoms with Gasteiger partial charge in [0.05, 0.1) is 6.10 Å². The van der Waals surface area contributed by atoms with Crippen LogP contribution in [0.25, 0.3) is 0 Å². The summed E-state index contributed by atoms with van der Waals surface area (Å²) in [5.41, 5.74) is 3.05. The van der Waals surface area contributed by atoms with Crippen molar-refractivity contribution in [2.24, 2.45) is 5.10 Å². The van der Waals surface area contributed by atoms with E-state index in [1.165, 1.54) is 0 Å². The van der Waals surface area contributed by atoms with Gasteiger partial charge in [-0.3, -0.25) is 9.59 Å². The van der Waals surface area contributed by atoms with Gasteiger partial charge in [0.1, 0.15) is 11.4 Å². The molecule has 1 aromatic rings. The SMILES string of the molecule is CC(C)Oc1ncccc1NC(=O)C1=NNC(=O)CC1. The van der Waals surface area contributed by atoms with E-state index in [0.29, 0.717) is 18.0 Å². The van der Waals surface area contributed by atoms with E-state index < -0.39 is 0 Å². The molecule has 1 aliphatic rings. The summed E-state index contributed by atoms with van der Waals surface area (Å²) in [5, 5.41) is 6.43. The van der Waals surface area contributed by atoms with Crippen molar-refractivity contribution in [3.05, 3.63) is 18.3 Å². The second-order valence-corrected chi connectivity index (χ2v) is 4.57. The molecule has 0 unspecified atom stereocenters. The molecule has 2 amide bonds. The molecule has 1 aromatic heterocycles. The Morgan fingerprint density at radius 2 is 2.25 bits per heavy atom. The Hall–Kier alpha value is -2.44. The van der Waals surface area contributed by atoms with Crippen LogP contribution in [-0.4, -0.2) is 28.6 Å². The lowest BCUT2D eigenvalue weighted by atomic mass is 10.1. The van der Waals surface area contributed by atoms with Gasteiger partial charge in [0.2, 0.25) is 11.8 Å². The molecular weight excluding hydrogens is 260 g/mol. The van der Waals surface area contributed by atoms with Crippen LogP contribution in [0.1, 0.15) is 26.7 Å². The summed E-state index contributed by atoms with van der Waals surface area (Å²) in [5.74, 6) is -0.199. The topological polar surface area (TPSA) is 92.7 Å². The van der Waals surface area contributed by atoms with Gasteiger partial charge in [-0.15, -0.1) is 0 Å². The Labute approximate surface area is 116 Å². The minimum atomic E-state index is -0.369. The van der Waals surface area contributed by atoms with E-state index in [1.54, 1.807) is 18.3 Å². The van der Waals surface area contributed by atoms with E-state index in [-0.39, 0.29) is 30.1 Å². The quantitative estimate of drug-likeness (QED) is 0.860. The standard InChI is InChI=1S/C13H16N4O3/c1-8(2)20-13-10(4-3-7-14-13)15-12(19)9-5-6-11(18)17-16-9/h3-4,7-8H,5-6H2,1-2H3,(H,15,19)(H,17,18). The summed E-state index contributed by atoms with van der Waals surface area (Å²) >= 11 is 0. The van der Waals surface area contributed by atoms with Gasteiger partial charge in [0.15, 0.2) is 0 Å². The molecule has 0 atom stereocenters. The molecule has 7 heteroatoms. The van der Waals surface area contributed by atoms with Crippen LogP contribution < -0.4 is 15.5 Å². The number of amides is 2. The number of nitrogens with zero attached hydrogens (tertiary/aromatic N) is 2.